The Morgan fingerprint density at radius 3 is 2.61 bits per heavy atom. The van der Waals surface area contributed by atoms with E-state index in [-0.39, 0.29) is 24.6 Å². The van der Waals surface area contributed by atoms with E-state index in [2.05, 4.69) is 0 Å². The molecule has 1 fully saturated rings. The van der Waals surface area contributed by atoms with Crippen molar-refractivity contribution in [2.75, 3.05) is 31.4 Å². The van der Waals surface area contributed by atoms with Crippen LogP contribution in [0.25, 0.3) is 0 Å². The van der Waals surface area contributed by atoms with Crippen molar-refractivity contribution < 1.29 is 26.0 Å². The average Bonchev–Trinajstić information content (AvgIpc) is 3.05. The molecule has 1 aliphatic heterocycles. The van der Waals surface area contributed by atoms with E-state index in [9.17, 15) is 21.6 Å². The van der Waals surface area contributed by atoms with Crippen molar-refractivity contribution in [3.63, 3.8) is 0 Å². The normalized spacial score (nSPS) is 20.7. The van der Waals surface area contributed by atoms with Crippen molar-refractivity contribution in [1.82, 2.24) is 9.21 Å². The fraction of sp³-hybridized carbons (Fsp3) is 0.615. The molecule has 2 heterocycles. The zero-order valence-electron chi connectivity index (χ0n) is 13.0. The topological polar surface area (TPSA) is 105 Å². The lowest BCUT2D eigenvalue weighted by atomic mass is 10.2. The van der Waals surface area contributed by atoms with Crippen molar-refractivity contribution in [2.24, 2.45) is 0 Å². The standard InChI is InChI=1S/C13H20N2O6S2/c1-14(11-5-7-23(19,20)10-11)13(16)9-15(22(2,17)18)8-12-4-3-6-21-12/h3-4,6,11H,5,7-10H2,1-2H3. The smallest absolute Gasteiger partial charge is 0.237 e. The molecule has 0 N–H and O–H groups in total. The molecule has 130 valence electrons. The summed E-state index contributed by atoms with van der Waals surface area (Å²) in [5.41, 5.74) is 0. The lowest BCUT2D eigenvalue weighted by Crippen LogP contribution is -2.45. The highest BCUT2D eigenvalue weighted by Crippen LogP contribution is 2.17. The number of sulfonamides is 1. The first kappa shape index (κ1) is 18.0. The number of furan rings is 1. The second kappa shape index (κ2) is 6.62. The quantitative estimate of drug-likeness (QED) is 0.685. The largest absolute Gasteiger partial charge is 0.468 e. The first-order chi connectivity index (χ1) is 10.6. The minimum atomic E-state index is -3.61. The van der Waals surface area contributed by atoms with Crippen molar-refractivity contribution >= 4 is 25.8 Å². The Balaban J connectivity index is 2.05. The van der Waals surface area contributed by atoms with Crippen molar-refractivity contribution in [2.45, 2.75) is 19.0 Å². The van der Waals surface area contributed by atoms with E-state index in [1.807, 2.05) is 0 Å². The molecule has 8 nitrogen and oxygen atoms in total. The Morgan fingerprint density at radius 2 is 2.13 bits per heavy atom. The average molecular weight is 364 g/mol. The SMILES string of the molecule is CN(C(=O)CN(Cc1ccco1)S(C)(=O)=O)C1CCS(=O)(=O)C1. The molecule has 1 amide bonds. The number of sulfone groups is 1. The Morgan fingerprint density at radius 1 is 1.43 bits per heavy atom. The van der Waals surface area contributed by atoms with Gasteiger partial charge in [-0.3, -0.25) is 4.79 Å². The minimum Gasteiger partial charge on any atom is -0.468 e. The summed E-state index contributed by atoms with van der Waals surface area (Å²) in [6.45, 7) is -0.402. The van der Waals surface area contributed by atoms with E-state index < -0.39 is 31.8 Å². The zero-order valence-corrected chi connectivity index (χ0v) is 14.6. The highest BCUT2D eigenvalue weighted by molar-refractivity contribution is 7.91. The summed E-state index contributed by atoms with van der Waals surface area (Å²) in [5, 5.41) is 0. The van der Waals surface area contributed by atoms with Crippen LogP contribution >= 0.6 is 0 Å². The fourth-order valence-corrected chi connectivity index (χ4v) is 4.89. The maximum atomic E-state index is 12.3. The van der Waals surface area contributed by atoms with E-state index in [1.165, 1.54) is 18.2 Å². The first-order valence-electron chi connectivity index (χ1n) is 7.02. The Bertz CT molecular complexity index is 754. The molecular formula is C13H20N2O6S2. The van der Waals surface area contributed by atoms with Gasteiger partial charge in [0.05, 0.1) is 37.1 Å². The molecule has 0 radical (unpaired) electrons. The fourth-order valence-electron chi connectivity index (χ4n) is 2.41. The van der Waals surface area contributed by atoms with E-state index in [1.54, 1.807) is 12.1 Å². The van der Waals surface area contributed by atoms with Gasteiger partial charge in [0.2, 0.25) is 15.9 Å². The molecule has 1 aliphatic rings. The molecule has 1 unspecified atom stereocenters. The molecule has 1 atom stereocenters. The number of carbonyl (C=O) groups excluding carboxylic acids is 1. The molecule has 10 heteroatoms. The van der Waals surface area contributed by atoms with Crippen LogP contribution < -0.4 is 0 Å². The lowest BCUT2D eigenvalue weighted by Gasteiger charge is -2.26. The van der Waals surface area contributed by atoms with Gasteiger partial charge in [0, 0.05) is 13.1 Å². The van der Waals surface area contributed by atoms with Gasteiger partial charge in [0.15, 0.2) is 9.84 Å². The Labute approximate surface area is 136 Å². The summed E-state index contributed by atoms with van der Waals surface area (Å²) in [5.74, 6) is -0.0394. The summed E-state index contributed by atoms with van der Waals surface area (Å²) in [4.78, 5) is 13.6. The molecule has 0 aliphatic carbocycles. The van der Waals surface area contributed by atoms with Gasteiger partial charge in [-0.05, 0) is 18.6 Å². The van der Waals surface area contributed by atoms with Gasteiger partial charge in [-0.15, -0.1) is 0 Å². The third-order valence-electron chi connectivity index (χ3n) is 3.84. The van der Waals surface area contributed by atoms with E-state index in [0.29, 0.717) is 12.2 Å². The molecule has 23 heavy (non-hydrogen) atoms. The third-order valence-corrected chi connectivity index (χ3v) is 6.79. The van der Waals surface area contributed by atoms with Crippen LogP contribution in [0.2, 0.25) is 0 Å². The van der Waals surface area contributed by atoms with Gasteiger partial charge in [-0.1, -0.05) is 0 Å². The monoisotopic (exact) mass is 364 g/mol. The van der Waals surface area contributed by atoms with E-state index in [4.69, 9.17) is 4.42 Å². The molecule has 2 rings (SSSR count). The van der Waals surface area contributed by atoms with Crippen LogP contribution in [0, 0.1) is 0 Å². The predicted octanol–water partition coefficient (Wildman–Crippen LogP) is -0.313. The number of rotatable bonds is 6. The number of likely N-dealkylation sites (N-methyl/N-ethyl adjacent to an activating group) is 1. The minimum absolute atomic E-state index is 0.0472. The number of nitrogens with zero attached hydrogens (tertiary/aromatic N) is 2. The van der Waals surface area contributed by atoms with Crippen LogP contribution in [-0.4, -0.2) is 69.3 Å². The molecule has 0 spiro atoms. The molecule has 1 saturated heterocycles. The number of hydrogen-bond donors (Lipinski definition) is 0. The second-order valence-corrected chi connectivity index (χ2v) is 9.88. The van der Waals surface area contributed by atoms with Gasteiger partial charge < -0.3 is 9.32 Å². The molecule has 0 bridgehead atoms. The first-order valence-corrected chi connectivity index (χ1v) is 10.7. The summed E-state index contributed by atoms with van der Waals surface area (Å²) in [6.07, 6.45) is 2.82. The van der Waals surface area contributed by atoms with Gasteiger partial charge in [-0.25, -0.2) is 16.8 Å². The molecule has 0 aromatic carbocycles. The van der Waals surface area contributed by atoms with Crippen molar-refractivity contribution in [3.05, 3.63) is 24.2 Å². The van der Waals surface area contributed by atoms with E-state index >= 15 is 0 Å². The van der Waals surface area contributed by atoms with Crippen LogP contribution in [0.4, 0.5) is 0 Å². The lowest BCUT2D eigenvalue weighted by molar-refractivity contribution is -0.131. The maximum Gasteiger partial charge on any atom is 0.237 e. The molecule has 0 saturated carbocycles. The van der Waals surface area contributed by atoms with Crippen LogP contribution in [0.1, 0.15) is 12.2 Å². The summed E-state index contributed by atoms with van der Waals surface area (Å²) < 4.78 is 52.9. The predicted molar refractivity (Wildman–Crippen MR) is 83.8 cm³/mol. The second-order valence-electron chi connectivity index (χ2n) is 5.67. The van der Waals surface area contributed by atoms with Crippen molar-refractivity contribution in [1.29, 1.82) is 0 Å². The maximum absolute atomic E-state index is 12.3. The van der Waals surface area contributed by atoms with Crippen LogP contribution in [-0.2, 0) is 31.2 Å². The number of carbonyl (C=O) groups is 1. The van der Waals surface area contributed by atoms with Gasteiger partial charge in [0.1, 0.15) is 5.76 Å². The van der Waals surface area contributed by atoms with Crippen LogP contribution in [0.3, 0.4) is 0 Å². The highest BCUT2D eigenvalue weighted by atomic mass is 32.2. The van der Waals surface area contributed by atoms with E-state index in [0.717, 1.165) is 10.6 Å². The number of amides is 1. The highest BCUT2D eigenvalue weighted by Gasteiger charge is 2.34. The van der Waals surface area contributed by atoms with Crippen LogP contribution in [0.15, 0.2) is 22.8 Å². The van der Waals surface area contributed by atoms with Gasteiger partial charge >= 0.3 is 0 Å². The Hall–Kier alpha value is -1.39. The Kier molecular flexibility index (Phi) is 5.17. The summed E-state index contributed by atoms with van der Waals surface area (Å²) in [7, 11) is -5.22. The van der Waals surface area contributed by atoms with Gasteiger partial charge in [0.25, 0.3) is 0 Å². The molecule has 1 aromatic heterocycles. The van der Waals surface area contributed by atoms with Crippen LogP contribution in [0.5, 0.6) is 0 Å². The summed E-state index contributed by atoms with van der Waals surface area (Å²) >= 11 is 0. The molecule has 1 aromatic rings. The summed E-state index contributed by atoms with van der Waals surface area (Å²) in [6, 6.07) is 2.85. The third kappa shape index (κ3) is 4.79. The zero-order chi connectivity index (χ0) is 17.3. The van der Waals surface area contributed by atoms with Gasteiger partial charge in [-0.2, -0.15) is 4.31 Å². The van der Waals surface area contributed by atoms with Crippen molar-refractivity contribution in [3.8, 4) is 0 Å². The number of hydrogen-bond acceptors (Lipinski definition) is 6. The molecular weight excluding hydrogens is 344 g/mol.